The van der Waals surface area contributed by atoms with Gasteiger partial charge >= 0.3 is 0 Å². The van der Waals surface area contributed by atoms with Crippen LogP contribution in [0.15, 0.2) is 42.6 Å². The molecule has 0 saturated heterocycles. The van der Waals surface area contributed by atoms with Crippen LogP contribution in [0.25, 0.3) is 10.9 Å². The summed E-state index contributed by atoms with van der Waals surface area (Å²) in [7, 11) is 0. The molecule has 0 saturated carbocycles. The van der Waals surface area contributed by atoms with Crippen molar-refractivity contribution in [1.82, 2.24) is 4.57 Å². The molecule has 0 aliphatic heterocycles. The molecule has 2 aromatic rings. The van der Waals surface area contributed by atoms with Crippen LogP contribution in [0.3, 0.4) is 0 Å². The van der Waals surface area contributed by atoms with Gasteiger partial charge in [0, 0.05) is 18.3 Å². The zero-order chi connectivity index (χ0) is 10.8. The molecule has 0 spiro atoms. The van der Waals surface area contributed by atoms with E-state index in [2.05, 4.69) is 23.4 Å². The van der Waals surface area contributed by atoms with E-state index in [0.717, 1.165) is 23.2 Å². The highest BCUT2D eigenvalue weighted by Crippen LogP contribution is 2.18. The van der Waals surface area contributed by atoms with Gasteiger partial charge < -0.3 is 9.67 Å². The summed E-state index contributed by atoms with van der Waals surface area (Å²) in [5.41, 5.74) is 3.23. The van der Waals surface area contributed by atoms with E-state index in [-0.39, 0.29) is 6.61 Å². The average Bonchev–Trinajstić information content (AvgIpc) is 2.60. The number of aliphatic hydroxyl groups is 1. The van der Waals surface area contributed by atoms with Crippen LogP contribution in [0.5, 0.6) is 0 Å². The van der Waals surface area contributed by atoms with Gasteiger partial charge in [0.15, 0.2) is 0 Å². The molecule has 2 heteroatoms. The van der Waals surface area contributed by atoms with Crippen molar-refractivity contribution >= 4 is 10.9 Å². The van der Waals surface area contributed by atoms with Crippen LogP contribution in [0.4, 0.5) is 0 Å². The fourth-order valence-corrected chi connectivity index (χ4v) is 1.76. The van der Waals surface area contributed by atoms with Gasteiger partial charge in [0.1, 0.15) is 0 Å². The molecular weight excluding hydrogens is 186 g/mol. The van der Waals surface area contributed by atoms with E-state index in [1.807, 2.05) is 25.1 Å². The standard InChI is InChI=1S/C13H15NO/c1-10(2)8-14-6-5-12-4-3-11(9-15)7-13(12)14/h3-7,15H,1,8-9H2,2H3. The van der Waals surface area contributed by atoms with Gasteiger partial charge in [-0.15, -0.1) is 0 Å². The van der Waals surface area contributed by atoms with Crippen LogP contribution in [-0.4, -0.2) is 9.67 Å². The number of aromatic nitrogens is 1. The zero-order valence-electron chi connectivity index (χ0n) is 8.90. The predicted molar refractivity (Wildman–Crippen MR) is 62.7 cm³/mol. The second-order valence-electron chi connectivity index (χ2n) is 3.95. The molecule has 15 heavy (non-hydrogen) atoms. The van der Waals surface area contributed by atoms with Crippen LogP contribution < -0.4 is 0 Å². The highest BCUT2D eigenvalue weighted by atomic mass is 16.3. The first-order valence-corrected chi connectivity index (χ1v) is 5.03. The lowest BCUT2D eigenvalue weighted by atomic mass is 10.2. The largest absolute Gasteiger partial charge is 0.392 e. The summed E-state index contributed by atoms with van der Waals surface area (Å²) in [6, 6.07) is 8.10. The maximum absolute atomic E-state index is 9.08. The van der Waals surface area contributed by atoms with Crippen LogP contribution in [0.2, 0.25) is 0 Å². The Labute approximate surface area is 89.5 Å². The Morgan fingerprint density at radius 1 is 1.40 bits per heavy atom. The van der Waals surface area contributed by atoms with Gasteiger partial charge in [0.2, 0.25) is 0 Å². The highest BCUT2D eigenvalue weighted by molar-refractivity contribution is 5.80. The zero-order valence-corrected chi connectivity index (χ0v) is 8.90. The number of benzene rings is 1. The van der Waals surface area contributed by atoms with Crippen LogP contribution >= 0.6 is 0 Å². The monoisotopic (exact) mass is 201 g/mol. The number of fused-ring (bicyclic) bond motifs is 1. The number of rotatable bonds is 3. The number of aliphatic hydroxyl groups excluding tert-OH is 1. The maximum Gasteiger partial charge on any atom is 0.0682 e. The lowest BCUT2D eigenvalue weighted by molar-refractivity contribution is 0.282. The molecule has 0 atom stereocenters. The lowest BCUT2D eigenvalue weighted by Gasteiger charge is -2.05. The first-order chi connectivity index (χ1) is 7.20. The summed E-state index contributed by atoms with van der Waals surface area (Å²) in [5, 5.41) is 10.3. The summed E-state index contributed by atoms with van der Waals surface area (Å²) < 4.78 is 2.15. The van der Waals surface area contributed by atoms with Crippen molar-refractivity contribution in [2.45, 2.75) is 20.1 Å². The molecule has 0 aliphatic carbocycles. The Morgan fingerprint density at radius 2 is 2.20 bits per heavy atom. The smallest absolute Gasteiger partial charge is 0.0682 e. The topological polar surface area (TPSA) is 25.2 Å². The third kappa shape index (κ3) is 1.95. The van der Waals surface area contributed by atoms with E-state index in [1.165, 1.54) is 5.39 Å². The molecule has 1 aromatic carbocycles. The van der Waals surface area contributed by atoms with Gasteiger partial charge in [-0.1, -0.05) is 24.3 Å². The van der Waals surface area contributed by atoms with Gasteiger partial charge in [-0.2, -0.15) is 0 Å². The fraction of sp³-hybridized carbons (Fsp3) is 0.231. The quantitative estimate of drug-likeness (QED) is 0.759. The number of hydrogen-bond acceptors (Lipinski definition) is 1. The minimum atomic E-state index is 0.0915. The summed E-state index contributed by atoms with van der Waals surface area (Å²) in [5.74, 6) is 0. The number of nitrogens with zero attached hydrogens (tertiary/aromatic N) is 1. The third-order valence-corrected chi connectivity index (χ3v) is 2.46. The van der Waals surface area contributed by atoms with Gasteiger partial charge in [0.25, 0.3) is 0 Å². The van der Waals surface area contributed by atoms with E-state index in [1.54, 1.807) is 0 Å². The Morgan fingerprint density at radius 3 is 2.87 bits per heavy atom. The summed E-state index contributed by atoms with van der Waals surface area (Å²) in [4.78, 5) is 0. The van der Waals surface area contributed by atoms with Crippen molar-refractivity contribution in [3.8, 4) is 0 Å². The van der Waals surface area contributed by atoms with Crippen LogP contribution in [0, 0.1) is 0 Å². The summed E-state index contributed by atoms with van der Waals surface area (Å²) in [6.45, 7) is 6.85. The fourth-order valence-electron chi connectivity index (χ4n) is 1.76. The van der Waals surface area contributed by atoms with E-state index in [4.69, 9.17) is 5.11 Å². The SMILES string of the molecule is C=C(C)Cn1ccc2ccc(CO)cc21. The molecule has 78 valence electrons. The molecule has 1 aromatic heterocycles. The molecule has 0 unspecified atom stereocenters. The van der Waals surface area contributed by atoms with Gasteiger partial charge in [-0.05, 0) is 30.0 Å². The first kappa shape index (κ1) is 9.99. The molecule has 2 rings (SSSR count). The predicted octanol–water partition coefficient (Wildman–Crippen LogP) is 2.71. The number of allylic oxidation sites excluding steroid dienone is 1. The van der Waals surface area contributed by atoms with Gasteiger partial charge in [-0.3, -0.25) is 0 Å². The number of hydrogen-bond donors (Lipinski definition) is 1. The van der Waals surface area contributed by atoms with Gasteiger partial charge in [0.05, 0.1) is 6.61 Å². The van der Waals surface area contributed by atoms with Gasteiger partial charge in [-0.25, -0.2) is 0 Å². The van der Waals surface area contributed by atoms with E-state index in [9.17, 15) is 0 Å². The molecule has 0 radical (unpaired) electrons. The Bertz CT molecular complexity index is 496. The molecule has 1 N–H and O–H groups in total. The second kappa shape index (κ2) is 3.91. The molecule has 0 fully saturated rings. The Hall–Kier alpha value is -1.54. The van der Waals surface area contributed by atoms with Crippen molar-refractivity contribution < 1.29 is 5.11 Å². The van der Waals surface area contributed by atoms with Crippen LogP contribution in [-0.2, 0) is 13.2 Å². The lowest BCUT2D eigenvalue weighted by Crippen LogP contribution is -1.96. The van der Waals surface area contributed by atoms with Crippen molar-refractivity contribution in [3.05, 3.63) is 48.2 Å². The minimum Gasteiger partial charge on any atom is -0.392 e. The highest BCUT2D eigenvalue weighted by Gasteiger charge is 2.01. The summed E-state index contributed by atoms with van der Waals surface area (Å²) >= 11 is 0. The van der Waals surface area contributed by atoms with E-state index >= 15 is 0 Å². The van der Waals surface area contributed by atoms with Crippen molar-refractivity contribution in [2.24, 2.45) is 0 Å². The average molecular weight is 201 g/mol. The molecule has 0 aliphatic rings. The maximum atomic E-state index is 9.08. The first-order valence-electron chi connectivity index (χ1n) is 5.03. The normalized spacial score (nSPS) is 10.8. The molecule has 0 amide bonds. The third-order valence-electron chi connectivity index (χ3n) is 2.46. The van der Waals surface area contributed by atoms with Crippen molar-refractivity contribution in [2.75, 3.05) is 0 Å². The molecule has 0 bridgehead atoms. The Balaban J connectivity index is 2.51. The van der Waals surface area contributed by atoms with Crippen molar-refractivity contribution in [3.63, 3.8) is 0 Å². The second-order valence-corrected chi connectivity index (χ2v) is 3.95. The molecular formula is C13H15NO. The summed E-state index contributed by atoms with van der Waals surface area (Å²) in [6.07, 6.45) is 2.06. The molecule has 1 heterocycles. The minimum absolute atomic E-state index is 0.0915. The van der Waals surface area contributed by atoms with E-state index < -0.39 is 0 Å². The molecule has 2 nitrogen and oxygen atoms in total. The van der Waals surface area contributed by atoms with Crippen LogP contribution in [0.1, 0.15) is 12.5 Å². The van der Waals surface area contributed by atoms with Crippen molar-refractivity contribution in [1.29, 1.82) is 0 Å². The Kier molecular flexibility index (Phi) is 2.60. The van der Waals surface area contributed by atoms with E-state index in [0.29, 0.717) is 0 Å².